The molecule has 0 aromatic carbocycles. The predicted octanol–water partition coefficient (Wildman–Crippen LogP) is 4.14. The van der Waals surface area contributed by atoms with E-state index < -0.39 is 0 Å². The van der Waals surface area contributed by atoms with Crippen LogP contribution in [-0.2, 0) is 5.75 Å². The predicted molar refractivity (Wildman–Crippen MR) is 98.1 cm³/mol. The Morgan fingerprint density at radius 2 is 2.00 bits per heavy atom. The Hall–Kier alpha value is -2.22. The standard InChI is InChI=1S/C18H21N5O2S/c1-2-8-22(9-3-1)17-19-20-18(23(17)14-6-7-14)26-12-13-11-16(25-21-13)15-5-4-10-24-15/h4-5,10-11,14H,1-3,6-9,12H2. The molecule has 1 saturated carbocycles. The van der Waals surface area contributed by atoms with Crippen LogP contribution in [0, 0.1) is 0 Å². The first-order chi connectivity index (χ1) is 12.9. The normalized spacial score (nSPS) is 17.8. The smallest absolute Gasteiger partial charge is 0.228 e. The van der Waals surface area contributed by atoms with Crippen LogP contribution in [0.15, 0.2) is 38.6 Å². The van der Waals surface area contributed by atoms with Gasteiger partial charge in [-0.15, -0.1) is 10.2 Å². The van der Waals surface area contributed by atoms with E-state index in [2.05, 4.69) is 24.8 Å². The van der Waals surface area contributed by atoms with Gasteiger partial charge in [-0.1, -0.05) is 16.9 Å². The SMILES string of the molecule is c1coc(-c2cc(CSc3nnc(N4CCCCC4)n3C3CC3)no2)c1. The maximum absolute atomic E-state index is 5.38. The van der Waals surface area contributed by atoms with Crippen LogP contribution in [0.1, 0.15) is 43.8 Å². The Morgan fingerprint density at radius 3 is 2.77 bits per heavy atom. The Labute approximate surface area is 155 Å². The van der Waals surface area contributed by atoms with Gasteiger partial charge >= 0.3 is 0 Å². The lowest BCUT2D eigenvalue weighted by atomic mass is 10.1. The Balaban J connectivity index is 1.32. The van der Waals surface area contributed by atoms with E-state index in [1.807, 2.05) is 18.2 Å². The fourth-order valence-electron chi connectivity index (χ4n) is 3.38. The highest BCUT2D eigenvalue weighted by atomic mass is 32.2. The van der Waals surface area contributed by atoms with Crippen LogP contribution in [0.2, 0.25) is 0 Å². The molecule has 0 amide bonds. The zero-order chi connectivity index (χ0) is 17.3. The molecule has 136 valence electrons. The van der Waals surface area contributed by atoms with Crippen molar-refractivity contribution in [3.8, 4) is 11.5 Å². The molecule has 3 aromatic heterocycles. The number of piperidine rings is 1. The van der Waals surface area contributed by atoms with Gasteiger partial charge in [0.15, 0.2) is 10.9 Å². The van der Waals surface area contributed by atoms with Crippen LogP contribution in [0.3, 0.4) is 0 Å². The number of rotatable bonds is 6. The van der Waals surface area contributed by atoms with Crippen LogP contribution in [0.4, 0.5) is 5.95 Å². The quantitative estimate of drug-likeness (QED) is 0.603. The van der Waals surface area contributed by atoms with Crippen molar-refractivity contribution in [1.29, 1.82) is 0 Å². The fraction of sp³-hybridized carbons (Fsp3) is 0.500. The lowest BCUT2D eigenvalue weighted by Crippen LogP contribution is -2.31. The summed E-state index contributed by atoms with van der Waals surface area (Å²) in [6.07, 6.45) is 7.88. The number of hydrogen-bond acceptors (Lipinski definition) is 7. The molecule has 2 aliphatic rings. The van der Waals surface area contributed by atoms with Crippen LogP contribution in [0.5, 0.6) is 0 Å². The summed E-state index contributed by atoms with van der Waals surface area (Å²) in [5.74, 6) is 3.10. The Bertz CT molecular complexity index is 862. The third kappa shape index (κ3) is 3.13. The van der Waals surface area contributed by atoms with Gasteiger partial charge in [0.05, 0.1) is 12.0 Å². The van der Waals surface area contributed by atoms with E-state index in [4.69, 9.17) is 8.94 Å². The highest BCUT2D eigenvalue weighted by Gasteiger charge is 2.32. The molecule has 1 aliphatic carbocycles. The summed E-state index contributed by atoms with van der Waals surface area (Å²) in [5.41, 5.74) is 0.881. The molecule has 0 N–H and O–H groups in total. The number of nitrogens with zero attached hydrogens (tertiary/aromatic N) is 5. The van der Waals surface area contributed by atoms with Gasteiger partial charge in [0.25, 0.3) is 0 Å². The van der Waals surface area contributed by atoms with Gasteiger partial charge in [-0.3, -0.25) is 4.57 Å². The van der Waals surface area contributed by atoms with Gasteiger partial charge in [-0.25, -0.2) is 0 Å². The van der Waals surface area contributed by atoms with Crippen LogP contribution >= 0.6 is 11.8 Å². The van der Waals surface area contributed by atoms with Crippen LogP contribution in [-0.4, -0.2) is 33.0 Å². The molecule has 0 bridgehead atoms. The molecule has 1 saturated heterocycles. The molecule has 26 heavy (non-hydrogen) atoms. The zero-order valence-corrected chi connectivity index (χ0v) is 15.3. The zero-order valence-electron chi connectivity index (χ0n) is 14.5. The molecule has 1 aliphatic heterocycles. The first-order valence-electron chi connectivity index (χ1n) is 9.20. The number of furan rings is 1. The van der Waals surface area contributed by atoms with E-state index >= 15 is 0 Å². The maximum Gasteiger partial charge on any atom is 0.228 e. The molecular formula is C18H21N5O2S. The van der Waals surface area contributed by atoms with Crippen molar-refractivity contribution in [3.05, 3.63) is 30.2 Å². The number of aromatic nitrogens is 4. The summed E-state index contributed by atoms with van der Waals surface area (Å²) in [5, 5.41) is 14.1. The molecule has 0 radical (unpaired) electrons. The number of hydrogen-bond donors (Lipinski definition) is 0. The minimum atomic E-state index is 0.556. The Kier molecular flexibility index (Phi) is 4.20. The van der Waals surface area contributed by atoms with Crippen molar-refractivity contribution >= 4 is 17.7 Å². The second-order valence-electron chi connectivity index (χ2n) is 6.88. The Morgan fingerprint density at radius 1 is 1.12 bits per heavy atom. The molecule has 5 rings (SSSR count). The summed E-state index contributed by atoms with van der Waals surface area (Å²) >= 11 is 1.67. The van der Waals surface area contributed by atoms with Crippen molar-refractivity contribution in [3.63, 3.8) is 0 Å². The van der Waals surface area contributed by atoms with Crippen molar-refractivity contribution in [1.82, 2.24) is 19.9 Å². The maximum atomic E-state index is 5.38. The van der Waals surface area contributed by atoms with E-state index in [1.54, 1.807) is 18.0 Å². The first kappa shape index (κ1) is 16.0. The number of anilines is 1. The highest BCUT2D eigenvalue weighted by molar-refractivity contribution is 7.98. The molecular weight excluding hydrogens is 350 g/mol. The highest BCUT2D eigenvalue weighted by Crippen LogP contribution is 2.41. The van der Waals surface area contributed by atoms with Gasteiger partial charge < -0.3 is 13.8 Å². The molecule has 4 heterocycles. The van der Waals surface area contributed by atoms with E-state index in [0.717, 1.165) is 29.9 Å². The summed E-state index contributed by atoms with van der Waals surface area (Å²) in [4.78, 5) is 2.39. The summed E-state index contributed by atoms with van der Waals surface area (Å²) in [6, 6.07) is 6.19. The topological polar surface area (TPSA) is 73.1 Å². The average molecular weight is 371 g/mol. The molecule has 0 spiro atoms. The van der Waals surface area contributed by atoms with Gasteiger partial charge in [-0.2, -0.15) is 0 Å². The largest absolute Gasteiger partial charge is 0.461 e. The lowest BCUT2D eigenvalue weighted by Gasteiger charge is -2.27. The van der Waals surface area contributed by atoms with Gasteiger partial charge in [0.1, 0.15) is 0 Å². The molecule has 7 nitrogen and oxygen atoms in total. The van der Waals surface area contributed by atoms with Crippen LogP contribution in [0.25, 0.3) is 11.5 Å². The second-order valence-corrected chi connectivity index (χ2v) is 7.82. The van der Waals surface area contributed by atoms with Crippen molar-refractivity contribution in [2.45, 2.75) is 49.1 Å². The third-order valence-electron chi connectivity index (χ3n) is 4.87. The van der Waals surface area contributed by atoms with Gasteiger partial charge in [0, 0.05) is 31.0 Å². The van der Waals surface area contributed by atoms with Crippen LogP contribution < -0.4 is 4.90 Å². The molecule has 8 heteroatoms. The van der Waals surface area contributed by atoms with E-state index in [9.17, 15) is 0 Å². The third-order valence-corrected chi connectivity index (χ3v) is 5.85. The average Bonchev–Trinajstić information content (AvgIpc) is 3.10. The molecule has 2 fully saturated rings. The first-order valence-corrected chi connectivity index (χ1v) is 10.2. The van der Waals surface area contributed by atoms with E-state index in [1.165, 1.54) is 32.1 Å². The monoisotopic (exact) mass is 371 g/mol. The molecule has 0 atom stereocenters. The van der Waals surface area contributed by atoms with E-state index in [0.29, 0.717) is 23.3 Å². The van der Waals surface area contributed by atoms with Crippen molar-refractivity contribution in [2.75, 3.05) is 18.0 Å². The summed E-state index contributed by atoms with van der Waals surface area (Å²) in [7, 11) is 0. The van der Waals surface area contributed by atoms with E-state index in [-0.39, 0.29) is 0 Å². The van der Waals surface area contributed by atoms with Gasteiger partial charge in [0.2, 0.25) is 11.7 Å². The minimum Gasteiger partial charge on any atom is -0.461 e. The number of thioether (sulfide) groups is 1. The van der Waals surface area contributed by atoms with Crippen molar-refractivity contribution in [2.24, 2.45) is 0 Å². The minimum absolute atomic E-state index is 0.556. The second kappa shape index (κ2) is 6.83. The van der Waals surface area contributed by atoms with Gasteiger partial charge in [-0.05, 0) is 44.2 Å². The molecule has 0 unspecified atom stereocenters. The fourth-order valence-corrected chi connectivity index (χ4v) is 4.26. The lowest BCUT2D eigenvalue weighted by molar-refractivity contribution is 0.413. The summed E-state index contributed by atoms with van der Waals surface area (Å²) < 4.78 is 13.1. The summed E-state index contributed by atoms with van der Waals surface area (Å²) in [6.45, 7) is 2.18. The van der Waals surface area contributed by atoms with Crippen molar-refractivity contribution < 1.29 is 8.94 Å². The molecule has 3 aromatic rings.